The summed E-state index contributed by atoms with van der Waals surface area (Å²) in [7, 11) is 4.37. The minimum atomic E-state index is -0.541. The Morgan fingerprint density at radius 2 is 1.69 bits per heavy atom. The highest BCUT2D eigenvalue weighted by Gasteiger charge is 2.31. The van der Waals surface area contributed by atoms with Crippen LogP contribution in [0.1, 0.15) is 61.0 Å². The molecule has 186 valence electrons. The number of fused-ring (bicyclic) bond motifs is 1. The number of amides is 2. The second kappa shape index (κ2) is 10.5. The van der Waals surface area contributed by atoms with Gasteiger partial charge in [0.05, 0.1) is 36.7 Å². The number of hydrazone groups is 1. The van der Waals surface area contributed by atoms with Gasteiger partial charge in [-0.25, -0.2) is 10.2 Å². The van der Waals surface area contributed by atoms with E-state index in [1.807, 2.05) is 0 Å². The van der Waals surface area contributed by atoms with Gasteiger partial charge < -0.3 is 18.8 Å². The van der Waals surface area contributed by atoms with Gasteiger partial charge in [-0.15, -0.1) is 0 Å². The summed E-state index contributed by atoms with van der Waals surface area (Å²) >= 11 is 0. The Kier molecular flexibility index (Phi) is 7.19. The summed E-state index contributed by atoms with van der Waals surface area (Å²) in [4.78, 5) is 39.7. The molecule has 0 aliphatic heterocycles. The predicted molar refractivity (Wildman–Crippen MR) is 134 cm³/mol. The molecule has 0 saturated carbocycles. The molecule has 9 nitrogen and oxygen atoms in total. The van der Waals surface area contributed by atoms with Crippen LogP contribution in [0.2, 0.25) is 0 Å². The number of ether oxygens (including phenoxy) is 2. The zero-order valence-corrected chi connectivity index (χ0v) is 20.6. The first-order chi connectivity index (χ1) is 17.4. The van der Waals surface area contributed by atoms with Crippen LogP contribution in [0.25, 0.3) is 0 Å². The van der Waals surface area contributed by atoms with Crippen molar-refractivity contribution in [1.82, 2.24) is 5.43 Å². The summed E-state index contributed by atoms with van der Waals surface area (Å²) in [5.74, 6) is -0.0997. The summed E-state index contributed by atoms with van der Waals surface area (Å²) in [5.41, 5.74) is 5.63. The zero-order valence-electron chi connectivity index (χ0n) is 20.6. The van der Waals surface area contributed by atoms with Crippen molar-refractivity contribution in [1.29, 1.82) is 0 Å². The lowest BCUT2D eigenvalue weighted by molar-refractivity contribution is 0.0601. The zero-order chi connectivity index (χ0) is 25.8. The molecule has 1 heterocycles. The van der Waals surface area contributed by atoms with Crippen LogP contribution in [0.5, 0.6) is 5.75 Å². The molecule has 0 unspecified atom stereocenters. The van der Waals surface area contributed by atoms with Gasteiger partial charge in [0.25, 0.3) is 11.8 Å². The highest BCUT2D eigenvalue weighted by Crippen LogP contribution is 2.32. The highest BCUT2D eigenvalue weighted by atomic mass is 16.5. The van der Waals surface area contributed by atoms with Gasteiger partial charge >= 0.3 is 5.97 Å². The first-order valence-corrected chi connectivity index (χ1v) is 11.4. The maximum absolute atomic E-state index is 13.4. The molecular formula is C27H27N3O6. The molecule has 0 radical (unpaired) electrons. The van der Waals surface area contributed by atoms with Crippen molar-refractivity contribution >= 4 is 29.2 Å². The van der Waals surface area contributed by atoms with Crippen molar-refractivity contribution in [2.45, 2.75) is 26.2 Å². The summed E-state index contributed by atoms with van der Waals surface area (Å²) in [6.45, 7) is 1.79. The Labute approximate surface area is 208 Å². The molecule has 1 aliphatic rings. The summed E-state index contributed by atoms with van der Waals surface area (Å²) < 4.78 is 16.1. The molecule has 2 aromatic carbocycles. The first-order valence-electron chi connectivity index (χ1n) is 11.4. The minimum absolute atomic E-state index is 0.160. The number of hydrogen-bond donors (Lipinski definition) is 1. The van der Waals surface area contributed by atoms with E-state index in [0.29, 0.717) is 46.9 Å². The number of anilines is 1. The van der Waals surface area contributed by atoms with E-state index in [-0.39, 0.29) is 11.3 Å². The molecule has 1 aliphatic carbocycles. The maximum Gasteiger partial charge on any atom is 0.339 e. The molecule has 0 spiro atoms. The Morgan fingerprint density at radius 1 is 1.00 bits per heavy atom. The summed E-state index contributed by atoms with van der Waals surface area (Å²) in [6.07, 6.45) is 2.03. The molecule has 9 heteroatoms. The van der Waals surface area contributed by atoms with Gasteiger partial charge in [0, 0.05) is 24.6 Å². The van der Waals surface area contributed by atoms with Gasteiger partial charge in [0.2, 0.25) is 0 Å². The number of carbonyl (C=O) groups is 3. The number of carbonyl (C=O) groups excluding carboxylic acids is 3. The molecule has 1 N–H and O–H groups in total. The topological polar surface area (TPSA) is 110 Å². The molecule has 2 amide bonds. The highest BCUT2D eigenvalue weighted by molar-refractivity contribution is 6.12. The lowest BCUT2D eigenvalue weighted by Crippen LogP contribution is -2.28. The lowest BCUT2D eigenvalue weighted by Gasteiger charge is -2.19. The Morgan fingerprint density at radius 3 is 2.42 bits per heavy atom. The van der Waals surface area contributed by atoms with E-state index in [2.05, 4.69) is 10.5 Å². The van der Waals surface area contributed by atoms with E-state index < -0.39 is 17.8 Å². The minimum Gasteiger partial charge on any atom is -0.496 e. The van der Waals surface area contributed by atoms with Crippen LogP contribution in [0, 0.1) is 6.92 Å². The number of nitrogens with one attached hydrogen (secondary N) is 1. The van der Waals surface area contributed by atoms with Gasteiger partial charge in [-0.2, -0.15) is 5.10 Å². The second-order valence-electron chi connectivity index (χ2n) is 8.28. The van der Waals surface area contributed by atoms with Gasteiger partial charge in [0.1, 0.15) is 11.5 Å². The van der Waals surface area contributed by atoms with Gasteiger partial charge in [0.15, 0.2) is 5.76 Å². The monoisotopic (exact) mass is 489 g/mol. The Bertz CT molecular complexity index is 1360. The van der Waals surface area contributed by atoms with Gasteiger partial charge in [-0.1, -0.05) is 24.3 Å². The molecule has 0 fully saturated rings. The fraction of sp³-hybridized carbons (Fsp3) is 0.259. The number of furan rings is 1. The van der Waals surface area contributed by atoms with Crippen LogP contribution in [0.3, 0.4) is 0 Å². The first kappa shape index (κ1) is 24.7. The molecule has 3 aromatic rings. The predicted octanol–water partition coefficient (Wildman–Crippen LogP) is 4.13. The number of nitrogens with zero attached hydrogens (tertiary/aromatic N) is 2. The Hall–Kier alpha value is -4.40. The molecule has 36 heavy (non-hydrogen) atoms. The van der Waals surface area contributed by atoms with Crippen LogP contribution in [-0.2, 0) is 11.2 Å². The number of para-hydroxylation sites is 2. The van der Waals surface area contributed by atoms with Gasteiger partial charge in [-0.05, 0) is 44.0 Å². The van der Waals surface area contributed by atoms with E-state index in [1.54, 1.807) is 62.5 Å². The fourth-order valence-corrected chi connectivity index (χ4v) is 4.31. The second-order valence-corrected chi connectivity index (χ2v) is 8.28. The van der Waals surface area contributed by atoms with E-state index in [4.69, 9.17) is 13.9 Å². The number of benzene rings is 2. The average Bonchev–Trinajstić information content (AvgIpc) is 3.27. The van der Waals surface area contributed by atoms with Crippen molar-refractivity contribution in [3.63, 3.8) is 0 Å². The third-order valence-electron chi connectivity index (χ3n) is 6.14. The Balaban J connectivity index is 1.63. The van der Waals surface area contributed by atoms with E-state index in [9.17, 15) is 14.4 Å². The van der Waals surface area contributed by atoms with Crippen LogP contribution < -0.4 is 15.1 Å². The molecular weight excluding hydrogens is 462 g/mol. The van der Waals surface area contributed by atoms with E-state index >= 15 is 0 Å². The van der Waals surface area contributed by atoms with Crippen molar-refractivity contribution in [3.8, 4) is 5.75 Å². The lowest BCUT2D eigenvalue weighted by atomic mass is 9.93. The van der Waals surface area contributed by atoms with E-state index in [0.717, 1.165) is 12.0 Å². The van der Waals surface area contributed by atoms with Crippen LogP contribution in [0.15, 0.2) is 58.0 Å². The molecule has 0 saturated heterocycles. The molecule has 0 bridgehead atoms. The molecule has 0 atom stereocenters. The van der Waals surface area contributed by atoms with Crippen molar-refractivity contribution in [2.24, 2.45) is 5.10 Å². The SMILES string of the molecule is COC(=O)c1ccccc1N(C)C(=O)c1oc2c(c1C)/C(=N/NC(=O)c1ccccc1OC)CCC2. The number of methoxy groups -OCH3 is 2. The number of hydrogen-bond acceptors (Lipinski definition) is 7. The van der Waals surface area contributed by atoms with Crippen molar-refractivity contribution in [2.75, 3.05) is 26.2 Å². The fourth-order valence-electron chi connectivity index (χ4n) is 4.31. The summed E-state index contributed by atoms with van der Waals surface area (Å²) in [5, 5.41) is 4.38. The number of aryl methyl sites for hydroxylation is 1. The van der Waals surface area contributed by atoms with Gasteiger partial charge in [-0.3, -0.25) is 9.59 Å². The number of esters is 1. The largest absolute Gasteiger partial charge is 0.496 e. The smallest absolute Gasteiger partial charge is 0.339 e. The quantitative estimate of drug-likeness (QED) is 0.412. The third kappa shape index (κ3) is 4.59. The molecule has 4 rings (SSSR count). The summed E-state index contributed by atoms with van der Waals surface area (Å²) in [6, 6.07) is 13.6. The maximum atomic E-state index is 13.4. The standard InChI is InChI=1S/C27H27N3O6/c1-16-23-19(28-29-25(31)18-11-6-8-14-21(18)34-3)12-9-15-22(23)36-24(16)26(32)30(2)20-13-7-5-10-17(20)27(33)35-4/h5-8,10-11,13-14H,9,12,15H2,1-4H3,(H,29,31)/b28-19+. The van der Waals surface area contributed by atoms with Crippen molar-refractivity contribution in [3.05, 3.63) is 82.3 Å². The normalized spacial score (nSPS) is 13.6. The number of rotatable bonds is 6. The molecule has 1 aromatic heterocycles. The van der Waals surface area contributed by atoms with E-state index in [1.165, 1.54) is 19.1 Å². The third-order valence-corrected chi connectivity index (χ3v) is 6.14. The van der Waals surface area contributed by atoms with Crippen molar-refractivity contribution < 1.29 is 28.3 Å². The van der Waals surface area contributed by atoms with Crippen LogP contribution in [-0.4, -0.2) is 44.8 Å². The van der Waals surface area contributed by atoms with Crippen LogP contribution >= 0.6 is 0 Å². The average molecular weight is 490 g/mol. The van der Waals surface area contributed by atoms with Crippen LogP contribution in [0.4, 0.5) is 5.69 Å².